The number of hydrogen-bond acceptors (Lipinski definition) is 2. The van der Waals surface area contributed by atoms with Gasteiger partial charge in [-0.3, -0.25) is 0 Å². The number of nitrogens with one attached hydrogen (secondary N) is 1. The standard InChI is InChI=1S/C13H16N2O/c1-16-9-3-5-13-11(7-9)10-6-8(14)2-4-12(10)15-13/h3,5,7-8,15H,2,4,6,14H2,1H3/t8-/m0/s1. The number of H-pyrrole nitrogens is 1. The first kappa shape index (κ1) is 9.73. The molecule has 16 heavy (non-hydrogen) atoms. The molecule has 0 radical (unpaired) electrons. The molecule has 2 aromatic rings. The summed E-state index contributed by atoms with van der Waals surface area (Å²) in [6, 6.07) is 6.47. The van der Waals surface area contributed by atoms with Crippen LogP contribution in [0.2, 0.25) is 0 Å². The molecule has 0 saturated carbocycles. The molecule has 3 rings (SSSR count). The molecule has 1 aliphatic rings. The molecule has 0 bridgehead atoms. The van der Waals surface area contributed by atoms with Crippen molar-refractivity contribution in [2.45, 2.75) is 25.3 Å². The van der Waals surface area contributed by atoms with Crippen molar-refractivity contribution >= 4 is 10.9 Å². The van der Waals surface area contributed by atoms with Crippen LogP contribution in [0.15, 0.2) is 18.2 Å². The number of methoxy groups -OCH3 is 1. The summed E-state index contributed by atoms with van der Waals surface area (Å²) in [4.78, 5) is 3.48. The first-order valence-corrected chi connectivity index (χ1v) is 5.71. The van der Waals surface area contributed by atoms with E-state index < -0.39 is 0 Å². The van der Waals surface area contributed by atoms with Gasteiger partial charge in [-0.1, -0.05) is 0 Å². The van der Waals surface area contributed by atoms with Crippen LogP contribution < -0.4 is 10.5 Å². The van der Waals surface area contributed by atoms with Gasteiger partial charge in [0.1, 0.15) is 5.75 Å². The van der Waals surface area contributed by atoms with E-state index in [0.29, 0.717) is 6.04 Å². The maximum atomic E-state index is 6.03. The van der Waals surface area contributed by atoms with E-state index in [1.807, 2.05) is 6.07 Å². The summed E-state index contributed by atoms with van der Waals surface area (Å²) in [6.45, 7) is 0. The molecular weight excluding hydrogens is 200 g/mol. The highest BCUT2D eigenvalue weighted by Crippen LogP contribution is 2.30. The second-order valence-corrected chi connectivity index (χ2v) is 4.50. The Morgan fingerprint density at radius 1 is 1.44 bits per heavy atom. The van der Waals surface area contributed by atoms with Crippen molar-refractivity contribution in [3.05, 3.63) is 29.5 Å². The Balaban J connectivity index is 2.20. The number of aromatic nitrogens is 1. The molecule has 1 aromatic carbocycles. The molecule has 0 unspecified atom stereocenters. The van der Waals surface area contributed by atoms with Gasteiger partial charge in [-0.25, -0.2) is 0 Å². The Hall–Kier alpha value is -1.48. The van der Waals surface area contributed by atoms with Crippen molar-refractivity contribution < 1.29 is 4.74 Å². The summed E-state index contributed by atoms with van der Waals surface area (Å²) < 4.78 is 5.26. The lowest BCUT2D eigenvalue weighted by molar-refractivity contribution is 0.415. The molecule has 0 fully saturated rings. The number of hydrogen-bond donors (Lipinski definition) is 2. The van der Waals surface area contributed by atoms with Crippen molar-refractivity contribution in [2.24, 2.45) is 5.73 Å². The van der Waals surface area contributed by atoms with Gasteiger partial charge in [-0.15, -0.1) is 0 Å². The van der Waals surface area contributed by atoms with Gasteiger partial charge >= 0.3 is 0 Å². The molecule has 3 N–H and O–H groups in total. The smallest absolute Gasteiger partial charge is 0.119 e. The minimum Gasteiger partial charge on any atom is -0.497 e. The lowest BCUT2D eigenvalue weighted by Gasteiger charge is -2.18. The molecule has 84 valence electrons. The molecule has 1 aliphatic carbocycles. The molecule has 1 aromatic heterocycles. The van der Waals surface area contributed by atoms with Crippen molar-refractivity contribution in [1.29, 1.82) is 0 Å². The maximum Gasteiger partial charge on any atom is 0.119 e. The third-order valence-corrected chi connectivity index (χ3v) is 3.43. The van der Waals surface area contributed by atoms with Crippen LogP contribution in [0.4, 0.5) is 0 Å². The van der Waals surface area contributed by atoms with Crippen LogP contribution in [0.3, 0.4) is 0 Å². The lowest BCUT2D eigenvalue weighted by Crippen LogP contribution is -2.27. The van der Waals surface area contributed by atoms with Crippen molar-refractivity contribution in [1.82, 2.24) is 4.98 Å². The highest BCUT2D eigenvalue weighted by Gasteiger charge is 2.20. The average Bonchev–Trinajstić information content (AvgIpc) is 2.66. The normalized spacial score (nSPS) is 19.8. The van der Waals surface area contributed by atoms with E-state index in [0.717, 1.165) is 25.0 Å². The van der Waals surface area contributed by atoms with E-state index in [2.05, 4.69) is 17.1 Å². The Morgan fingerprint density at radius 2 is 2.31 bits per heavy atom. The van der Waals surface area contributed by atoms with E-state index in [4.69, 9.17) is 10.5 Å². The van der Waals surface area contributed by atoms with Crippen LogP contribution in [-0.4, -0.2) is 18.1 Å². The van der Waals surface area contributed by atoms with E-state index >= 15 is 0 Å². The van der Waals surface area contributed by atoms with E-state index in [-0.39, 0.29) is 0 Å². The molecule has 0 amide bonds. The molecule has 0 spiro atoms. The summed E-state index contributed by atoms with van der Waals surface area (Å²) in [6.07, 6.45) is 3.12. The predicted octanol–water partition coefficient (Wildman–Crippen LogP) is 1.99. The van der Waals surface area contributed by atoms with Gasteiger partial charge in [-0.05, 0) is 43.0 Å². The van der Waals surface area contributed by atoms with Crippen LogP contribution in [-0.2, 0) is 12.8 Å². The highest BCUT2D eigenvalue weighted by molar-refractivity contribution is 5.86. The van der Waals surface area contributed by atoms with Gasteiger partial charge < -0.3 is 15.5 Å². The van der Waals surface area contributed by atoms with Crippen molar-refractivity contribution in [3.63, 3.8) is 0 Å². The second-order valence-electron chi connectivity index (χ2n) is 4.50. The Kier molecular flexibility index (Phi) is 2.14. The van der Waals surface area contributed by atoms with E-state index in [1.165, 1.54) is 22.2 Å². The van der Waals surface area contributed by atoms with Gasteiger partial charge in [0.15, 0.2) is 0 Å². The average molecular weight is 216 g/mol. The van der Waals surface area contributed by atoms with Crippen LogP contribution in [0.1, 0.15) is 17.7 Å². The van der Waals surface area contributed by atoms with Crippen molar-refractivity contribution in [2.75, 3.05) is 7.11 Å². The fourth-order valence-electron chi connectivity index (χ4n) is 2.55. The summed E-state index contributed by atoms with van der Waals surface area (Å²) in [7, 11) is 1.70. The number of aromatic amines is 1. The molecule has 0 aliphatic heterocycles. The number of rotatable bonds is 1. The fourth-order valence-corrected chi connectivity index (χ4v) is 2.55. The zero-order valence-corrected chi connectivity index (χ0v) is 9.42. The quantitative estimate of drug-likeness (QED) is 0.766. The third-order valence-electron chi connectivity index (χ3n) is 3.43. The van der Waals surface area contributed by atoms with Gasteiger partial charge in [0.25, 0.3) is 0 Å². The molecule has 0 saturated heterocycles. The van der Waals surface area contributed by atoms with Crippen molar-refractivity contribution in [3.8, 4) is 5.75 Å². The number of ether oxygens (including phenoxy) is 1. The van der Waals surface area contributed by atoms with Crippen LogP contribution in [0.5, 0.6) is 5.75 Å². The Bertz CT molecular complexity index is 530. The summed E-state index contributed by atoms with van der Waals surface area (Å²) in [5.41, 5.74) is 9.95. The van der Waals surface area contributed by atoms with E-state index in [1.54, 1.807) is 7.11 Å². The monoisotopic (exact) mass is 216 g/mol. The number of nitrogens with two attached hydrogens (primary N) is 1. The molecule has 1 atom stereocenters. The van der Waals surface area contributed by atoms with Gasteiger partial charge in [0, 0.05) is 22.6 Å². The van der Waals surface area contributed by atoms with Crippen LogP contribution in [0.25, 0.3) is 10.9 Å². The number of fused-ring (bicyclic) bond motifs is 3. The minimum atomic E-state index is 0.303. The zero-order chi connectivity index (χ0) is 11.1. The third kappa shape index (κ3) is 1.39. The first-order valence-electron chi connectivity index (χ1n) is 5.71. The lowest BCUT2D eigenvalue weighted by atomic mass is 9.92. The molecule has 1 heterocycles. The molecule has 3 heteroatoms. The Labute approximate surface area is 94.6 Å². The first-order chi connectivity index (χ1) is 7.78. The maximum absolute atomic E-state index is 6.03. The zero-order valence-electron chi connectivity index (χ0n) is 9.42. The predicted molar refractivity (Wildman–Crippen MR) is 64.9 cm³/mol. The highest BCUT2D eigenvalue weighted by atomic mass is 16.5. The number of benzene rings is 1. The van der Waals surface area contributed by atoms with Gasteiger partial charge in [0.2, 0.25) is 0 Å². The SMILES string of the molecule is COc1ccc2[nH]c3c(c2c1)C[C@@H](N)CC3. The summed E-state index contributed by atoms with van der Waals surface area (Å²) >= 11 is 0. The summed E-state index contributed by atoms with van der Waals surface area (Å²) in [5.74, 6) is 0.911. The minimum absolute atomic E-state index is 0.303. The van der Waals surface area contributed by atoms with Gasteiger partial charge in [-0.2, -0.15) is 0 Å². The van der Waals surface area contributed by atoms with Crippen LogP contribution in [0, 0.1) is 0 Å². The Morgan fingerprint density at radius 3 is 3.12 bits per heavy atom. The van der Waals surface area contributed by atoms with Gasteiger partial charge in [0.05, 0.1) is 7.11 Å². The summed E-state index contributed by atoms with van der Waals surface area (Å²) in [5, 5.41) is 1.27. The molecule has 3 nitrogen and oxygen atoms in total. The molecular formula is C13H16N2O. The van der Waals surface area contributed by atoms with Crippen LogP contribution >= 0.6 is 0 Å². The topological polar surface area (TPSA) is 51.0 Å². The largest absolute Gasteiger partial charge is 0.497 e. The fraction of sp³-hybridized carbons (Fsp3) is 0.385. The van der Waals surface area contributed by atoms with E-state index in [9.17, 15) is 0 Å². The number of aryl methyl sites for hydroxylation is 1. The second kappa shape index (κ2) is 3.52.